The molecule has 1 aromatic rings. The maximum Gasteiger partial charge on any atom is 0.0625 e. The molecule has 0 fully saturated rings. The second kappa shape index (κ2) is 7.45. The van der Waals surface area contributed by atoms with Gasteiger partial charge in [-0.2, -0.15) is 5.10 Å². The highest BCUT2D eigenvalue weighted by molar-refractivity contribution is 5.10. The van der Waals surface area contributed by atoms with Gasteiger partial charge in [0.2, 0.25) is 0 Å². The van der Waals surface area contributed by atoms with Gasteiger partial charge < -0.3 is 10.1 Å². The quantitative estimate of drug-likeness (QED) is 0.753. The highest BCUT2D eigenvalue weighted by atomic mass is 16.5. The molecular formula is C13H25N3O. The number of nitrogens with one attached hydrogen (secondary N) is 1. The van der Waals surface area contributed by atoms with Crippen LogP contribution < -0.4 is 5.32 Å². The van der Waals surface area contributed by atoms with Crippen molar-refractivity contribution >= 4 is 0 Å². The summed E-state index contributed by atoms with van der Waals surface area (Å²) < 4.78 is 7.18. The normalized spacial score (nSPS) is 12.9. The zero-order chi connectivity index (χ0) is 12.7. The van der Waals surface area contributed by atoms with Gasteiger partial charge in [0.1, 0.15) is 0 Å². The summed E-state index contributed by atoms with van der Waals surface area (Å²) in [5, 5.41) is 7.97. The Kier molecular flexibility index (Phi) is 6.22. The average molecular weight is 239 g/mol. The van der Waals surface area contributed by atoms with Crippen LogP contribution in [0.2, 0.25) is 0 Å². The molecule has 1 rings (SSSR count). The molecule has 1 N–H and O–H groups in total. The van der Waals surface area contributed by atoms with Crippen LogP contribution >= 0.6 is 0 Å². The molecule has 0 radical (unpaired) electrons. The molecule has 0 aliphatic carbocycles. The van der Waals surface area contributed by atoms with Crippen LogP contribution in [0.1, 0.15) is 38.1 Å². The molecule has 0 bridgehead atoms. The first-order valence-electron chi connectivity index (χ1n) is 6.45. The Bertz CT molecular complexity index is 316. The lowest BCUT2D eigenvalue weighted by molar-refractivity contribution is 0.161. The largest absolute Gasteiger partial charge is 0.383 e. The summed E-state index contributed by atoms with van der Waals surface area (Å²) in [4.78, 5) is 0. The molecule has 0 saturated carbocycles. The fourth-order valence-corrected chi connectivity index (χ4v) is 1.95. The average Bonchev–Trinajstić information content (AvgIpc) is 2.68. The molecule has 98 valence electrons. The zero-order valence-corrected chi connectivity index (χ0v) is 11.5. The van der Waals surface area contributed by atoms with E-state index in [1.807, 2.05) is 11.7 Å². The SMILES string of the molecule is CCCC(COC)NCc1cc(CC)nn1C. The lowest BCUT2D eigenvalue weighted by Crippen LogP contribution is -2.33. The molecule has 0 spiro atoms. The summed E-state index contributed by atoms with van der Waals surface area (Å²) in [7, 11) is 3.75. The lowest BCUT2D eigenvalue weighted by atomic mass is 10.2. The van der Waals surface area contributed by atoms with Crippen LogP contribution in [0.15, 0.2) is 6.07 Å². The topological polar surface area (TPSA) is 39.1 Å². The maximum atomic E-state index is 5.22. The van der Waals surface area contributed by atoms with E-state index in [2.05, 4.69) is 30.3 Å². The first-order chi connectivity index (χ1) is 8.21. The van der Waals surface area contributed by atoms with Gasteiger partial charge in [0.05, 0.1) is 18.0 Å². The van der Waals surface area contributed by atoms with E-state index in [1.54, 1.807) is 7.11 Å². The Morgan fingerprint density at radius 1 is 1.47 bits per heavy atom. The van der Waals surface area contributed by atoms with Crippen molar-refractivity contribution in [1.29, 1.82) is 0 Å². The van der Waals surface area contributed by atoms with E-state index in [0.29, 0.717) is 6.04 Å². The minimum Gasteiger partial charge on any atom is -0.383 e. The number of rotatable bonds is 8. The molecule has 1 heterocycles. The van der Waals surface area contributed by atoms with Crippen molar-refractivity contribution in [2.45, 2.75) is 45.7 Å². The van der Waals surface area contributed by atoms with Crippen LogP contribution in [-0.4, -0.2) is 29.5 Å². The Balaban J connectivity index is 2.49. The van der Waals surface area contributed by atoms with Gasteiger partial charge >= 0.3 is 0 Å². The van der Waals surface area contributed by atoms with Gasteiger partial charge in [-0.05, 0) is 18.9 Å². The van der Waals surface area contributed by atoms with Crippen molar-refractivity contribution < 1.29 is 4.74 Å². The third kappa shape index (κ3) is 4.48. The highest BCUT2D eigenvalue weighted by Crippen LogP contribution is 2.05. The molecule has 1 aromatic heterocycles. The Morgan fingerprint density at radius 3 is 2.76 bits per heavy atom. The van der Waals surface area contributed by atoms with Crippen molar-refractivity contribution in [2.75, 3.05) is 13.7 Å². The number of ether oxygens (including phenoxy) is 1. The third-order valence-corrected chi connectivity index (χ3v) is 2.97. The number of hydrogen-bond donors (Lipinski definition) is 1. The molecule has 4 heteroatoms. The second-order valence-corrected chi connectivity index (χ2v) is 4.43. The van der Waals surface area contributed by atoms with Crippen LogP contribution in [0.3, 0.4) is 0 Å². The molecule has 17 heavy (non-hydrogen) atoms. The first-order valence-corrected chi connectivity index (χ1v) is 6.45. The van der Waals surface area contributed by atoms with Gasteiger partial charge in [0, 0.05) is 26.7 Å². The zero-order valence-electron chi connectivity index (χ0n) is 11.5. The third-order valence-electron chi connectivity index (χ3n) is 2.97. The molecule has 4 nitrogen and oxygen atoms in total. The minimum absolute atomic E-state index is 0.435. The molecule has 0 aliphatic heterocycles. The Hall–Kier alpha value is -0.870. The van der Waals surface area contributed by atoms with Gasteiger partial charge in [-0.15, -0.1) is 0 Å². The maximum absolute atomic E-state index is 5.22. The number of hydrogen-bond acceptors (Lipinski definition) is 3. The standard InChI is InChI=1S/C13H25N3O/c1-5-7-12(10-17-4)14-9-13-8-11(6-2)15-16(13)3/h8,12,14H,5-7,9-10H2,1-4H3. The van der Waals surface area contributed by atoms with Crippen molar-refractivity contribution in [3.8, 4) is 0 Å². The van der Waals surface area contributed by atoms with Crippen molar-refractivity contribution in [1.82, 2.24) is 15.1 Å². The van der Waals surface area contributed by atoms with E-state index >= 15 is 0 Å². The van der Waals surface area contributed by atoms with Crippen LogP contribution in [0.5, 0.6) is 0 Å². The number of aryl methyl sites for hydroxylation is 2. The van der Waals surface area contributed by atoms with Gasteiger partial charge in [0.25, 0.3) is 0 Å². The monoisotopic (exact) mass is 239 g/mol. The molecule has 0 aliphatic rings. The second-order valence-electron chi connectivity index (χ2n) is 4.43. The van der Waals surface area contributed by atoms with Gasteiger partial charge in [-0.3, -0.25) is 4.68 Å². The van der Waals surface area contributed by atoms with E-state index in [-0.39, 0.29) is 0 Å². The van der Waals surface area contributed by atoms with Crippen LogP contribution in [0, 0.1) is 0 Å². The predicted octanol–water partition coefficient (Wildman–Crippen LogP) is 1.89. The fraction of sp³-hybridized carbons (Fsp3) is 0.769. The Labute approximate surface area is 104 Å². The van der Waals surface area contributed by atoms with Gasteiger partial charge in [-0.25, -0.2) is 0 Å². The summed E-state index contributed by atoms with van der Waals surface area (Å²) in [5.41, 5.74) is 2.39. The summed E-state index contributed by atoms with van der Waals surface area (Å²) in [6.07, 6.45) is 3.31. The number of methoxy groups -OCH3 is 1. The molecular weight excluding hydrogens is 214 g/mol. The predicted molar refractivity (Wildman–Crippen MR) is 70.0 cm³/mol. The molecule has 0 saturated heterocycles. The summed E-state index contributed by atoms with van der Waals surface area (Å²) in [6.45, 7) is 5.96. The van der Waals surface area contributed by atoms with E-state index < -0.39 is 0 Å². The molecule has 1 atom stereocenters. The van der Waals surface area contributed by atoms with Crippen LogP contribution in [0.25, 0.3) is 0 Å². The number of aromatic nitrogens is 2. The smallest absolute Gasteiger partial charge is 0.0625 e. The van der Waals surface area contributed by atoms with Crippen molar-refractivity contribution in [3.63, 3.8) is 0 Å². The van der Waals surface area contributed by atoms with Crippen LogP contribution in [-0.2, 0) is 24.8 Å². The first kappa shape index (κ1) is 14.2. The van der Waals surface area contributed by atoms with E-state index in [9.17, 15) is 0 Å². The van der Waals surface area contributed by atoms with Gasteiger partial charge in [-0.1, -0.05) is 20.3 Å². The van der Waals surface area contributed by atoms with E-state index in [0.717, 1.165) is 31.7 Å². The van der Waals surface area contributed by atoms with Crippen molar-refractivity contribution in [2.24, 2.45) is 7.05 Å². The van der Waals surface area contributed by atoms with Crippen LogP contribution in [0.4, 0.5) is 0 Å². The Morgan fingerprint density at radius 2 is 2.24 bits per heavy atom. The molecule has 0 amide bonds. The lowest BCUT2D eigenvalue weighted by Gasteiger charge is -2.16. The fourth-order valence-electron chi connectivity index (χ4n) is 1.95. The minimum atomic E-state index is 0.435. The highest BCUT2D eigenvalue weighted by Gasteiger charge is 2.09. The van der Waals surface area contributed by atoms with Gasteiger partial charge in [0.15, 0.2) is 0 Å². The summed E-state index contributed by atoms with van der Waals surface area (Å²) in [6, 6.07) is 2.60. The van der Waals surface area contributed by atoms with E-state index in [4.69, 9.17) is 4.74 Å². The molecule has 1 unspecified atom stereocenters. The summed E-state index contributed by atoms with van der Waals surface area (Å²) >= 11 is 0. The van der Waals surface area contributed by atoms with Crippen molar-refractivity contribution in [3.05, 3.63) is 17.5 Å². The molecule has 0 aromatic carbocycles. The van der Waals surface area contributed by atoms with E-state index in [1.165, 1.54) is 12.1 Å². The number of nitrogens with zero attached hydrogens (tertiary/aromatic N) is 2. The summed E-state index contributed by atoms with van der Waals surface area (Å²) in [5.74, 6) is 0.